The topological polar surface area (TPSA) is 30.5 Å². The Kier molecular flexibility index (Phi) is 5.09. The van der Waals surface area contributed by atoms with Gasteiger partial charge in [0.2, 0.25) is 0 Å². The number of halogens is 1. The van der Waals surface area contributed by atoms with E-state index >= 15 is 0 Å². The molecule has 1 atom stereocenters. The summed E-state index contributed by atoms with van der Waals surface area (Å²) in [4.78, 5) is 0. The van der Waals surface area contributed by atoms with Crippen molar-refractivity contribution in [3.63, 3.8) is 0 Å². The third kappa shape index (κ3) is 2.68. The molecule has 1 rings (SSSR count). The Morgan fingerprint density at radius 3 is 2.31 bits per heavy atom. The van der Waals surface area contributed by atoms with Gasteiger partial charge in [-0.1, -0.05) is 6.92 Å². The van der Waals surface area contributed by atoms with E-state index in [0.29, 0.717) is 0 Å². The van der Waals surface area contributed by atoms with Gasteiger partial charge in [-0.15, -0.1) is 0 Å². The average Bonchev–Trinajstić information content (AvgIpc) is 2.31. The fraction of sp³-hybridized carbons (Fsp3) is 0.500. The summed E-state index contributed by atoms with van der Waals surface area (Å²) >= 11 is 3.45. The van der Waals surface area contributed by atoms with Gasteiger partial charge in [0.05, 0.1) is 18.7 Å². The molecule has 0 saturated carbocycles. The Bertz CT molecular complexity index is 351. The standard InChI is InChI=1S/C12H18BrNO2/c1-5-10(14-2)8-6-12(16-4)9(13)7-11(8)15-3/h6-7,10,14H,5H2,1-4H3. The van der Waals surface area contributed by atoms with Crippen LogP contribution in [-0.4, -0.2) is 21.3 Å². The Balaban J connectivity index is 3.23. The number of hydrogen-bond acceptors (Lipinski definition) is 3. The van der Waals surface area contributed by atoms with Gasteiger partial charge in [0.1, 0.15) is 11.5 Å². The maximum atomic E-state index is 5.38. The second kappa shape index (κ2) is 6.11. The molecular formula is C12H18BrNO2. The van der Waals surface area contributed by atoms with E-state index in [9.17, 15) is 0 Å². The molecule has 0 aliphatic heterocycles. The number of rotatable bonds is 5. The minimum Gasteiger partial charge on any atom is -0.496 e. The summed E-state index contributed by atoms with van der Waals surface area (Å²) in [5.41, 5.74) is 1.12. The molecule has 0 heterocycles. The Labute approximate surface area is 105 Å². The lowest BCUT2D eigenvalue weighted by Crippen LogP contribution is -2.16. The first-order chi connectivity index (χ1) is 7.67. The highest BCUT2D eigenvalue weighted by molar-refractivity contribution is 9.10. The molecule has 0 amide bonds. The third-order valence-corrected chi connectivity index (χ3v) is 3.26. The summed E-state index contributed by atoms with van der Waals surface area (Å²) in [6.07, 6.45) is 0.998. The monoisotopic (exact) mass is 287 g/mol. The number of nitrogens with one attached hydrogen (secondary N) is 1. The molecule has 1 aromatic rings. The van der Waals surface area contributed by atoms with E-state index < -0.39 is 0 Å². The van der Waals surface area contributed by atoms with Crippen LogP contribution in [-0.2, 0) is 0 Å². The van der Waals surface area contributed by atoms with Crippen molar-refractivity contribution in [2.24, 2.45) is 0 Å². The van der Waals surface area contributed by atoms with E-state index in [1.807, 2.05) is 19.2 Å². The van der Waals surface area contributed by atoms with Crippen molar-refractivity contribution >= 4 is 15.9 Å². The van der Waals surface area contributed by atoms with Gasteiger partial charge in [-0.2, -0.15) is 0 Å². The summed E-state index contributed by atoms with van der Waals surface area (Å²) < 4.78 is 11.6. The molecule has 1 aromatic carbocycles. The molecule has 0 aliphatic rings. The van der Waals surface area contributed by atoms with Crippen LogP contribution in [0.25, 0.3) is 0 Å². The number of ether oxygens (including phenoxy) is 2. The highest BCUT2D eigenvalue weighted by Gasteiger charge is 2.15. The Morgan fingerprint density at radius 2 is 1.88 bits per heavy atom. The SMILES string of the molecule is CCC(NC)c1cc(OC)c(Br)cc1OC. The van der Waals surface area contributed by atoms with Crippen LogP contribution in [0.2, 0.25) is 0 Å². The zero-order chi connectivity index (χ0) is 12.1. The fourth-order valence-electron chi connectivity index (χ4n) is 1.74. The maximum Gasteiger partial charge on any atom is 0.133 e. The minimum atomic E-state index is 0.275. The van der Waals surface area contributed by atoms with Crippen molar-refractivity contribution in [2.75, 3.05) is 21.3 Å². The van der Waals surface area contributed by atoms with Crippen molar-refractivity contribution in [2.45, 2.75) is 19.4 Å². The summed E-state index contributed by atoms with van der Waals surface area (Å²) in [6.45, 7) is 2.13. The average molecular weight is 288 g/mol. The molecule has 0 radical (unpaired) electrons. The quantitative estimate of drug-likeness (QED) is 0.903. The lowest BCUT2D eigenvalue weighted by atomic mass is 10.0. The van der Waals surface area contributed by atoms with Gasteiger partial charge in [0.15, 0.2) is 0 Å². The molecule has 3 nitrogen and oxygen atoms in total. The molecule has 4 heteroatoms. The van der Waals surface area contributed by atoms with E-state index in [-0.39, 0.29) is 6.04 Å². The van der Waals surface area contributed by atoms with E-state index in [2.05, 4.69) is 28.2 Å². The second-order valence-corrected chi connectivity index (χ2v) is 4.33. The zero-order valence-corrected chi connectivity index (χ0v) is 11.7. The van der Waals surface area contributed by atoms with Crippen molar-refractivity contribution in [3.05, 3.63) is 22.2 Å². The van der Waals surface area contributed by atoms with Gasteiger partial charge >= 0.3 is 0 Å². The predicted molar refractivity (Wildman–Crippen MR) is 69.3 cm³/mol. The molecule has 1 N–H and O–H groups in total. The summed E-state index contributed by atoms with van der Waals surface area (Å²) in [5.74, 6) is 1.69. The van der Waals surface area contributed by atoms with E-state index in [0.717, 1.165) is 28.0 Å². The maximum absolute atomic E-state index is 5.38. The molecule has 0 aliphatic carbocycles. The van der Waals surface area contributed by atoms with Crippen molar-refractivity contribution in [1.29, 1.82) is 0 Å². The molecule has 90 valence electrons. The summed E-state index contributed by atoms with van der Waals surface area (Å²) in [6, 6.07) is 4.22. The van der Waals surface area contributed by atoms with Gasteiger partial charge in [-0.25, -0.2) is 0 Å². The summed E-state index contributed by atoms with van der Waals surface area (Å²) in [5, 5.41) is 3.26. The molecule has 16 heavy (non-hydrogen) atoms. The molecule has 0 spiro atoms. The largest absolute Gasteiger partial charge is 0.496 e. The van der Waals surface area contributed by atoms with E-state index in [1.54, 1.807) is 14.2 Å². The lowest BCUT2D eigenvalue weighted by molar-refractivity contribution is 0.389. The third-order valence-electron chi connectivity index (χ3n) is 2.64. The first-order valence-corrected chi connectivity index (χ1v) is 6.05. The number of benzene rings is 1. The van der Waals surface area contributed by atoms with Crippen molar-refractivity contribution in [1.82, 2.24) is 5.32 Å². The van der Waals surface area contributed by atoms with Crippen LogP contribution in [0.1, 0.15) is 24.9 Å². The predicted octanol–water partition coefficient (Wildman–Crippen LogP) is 3.14. The molecule has 0 fully saturated rings. The van der Waals surface area contributed by atoms with Crippen LogP contribution < -0.4 is 14.8 Å². The van der Waals surface area contributed by atoms with Gasteiger partial charge in [0.25, 0.3) is 0 Å². The van der Waals surface area contributed by atoms with Crippen LogP contribution in [0, 0.1) is 0 Å². The van der Waals surface area contributed by atoms with E-state index in [4.69, 9.17) is 9.47 Å². The first-order valence-electron chi connectivity index (χ1n) is 5.26. The highest BCUT2D eigenvalue weighted by atomic mass is 79.9. The normalized spacial score (nSPS) is 12.3. The second-order valence-electron chi connectivity index (χ2n) is 3.48. The van der Waals surface area contributed by atoms with E-state index in [1.165, 1.54) is 0 Å². The van der Waals surface area contributed by atoms with Crippen molar-refractivity contribution < 1.29 is 9.47 Å². The number of methoxy groups -OCH3 is 2. The van der Waals surface area contributed by atoms with Crippen LogP contribution in [0.3, 0.4) is 0 Å². The van der Waals surface area contributed by atoms with Gasteiger partial charge < -0.3 is 14.8 Å². The van der Waals surface area contributed by atoms with Crippen LogP contribution in [0.5, 0.6) is 11.5 Å². The fourth-order valence-corrected chi connectivity index (χ4v) is 2.22. The van der Waals surface area contributed by atoms with Gasteiger partial charge in [-0.05, 0) is 41.5 Å². The minimum absolute atomic E-state index is 0.275. The van der Waals surface area contributed by atoms with Crippen LogP contribution in [0.4, 0.5) is 0 Å². The van der Waals surface area contributed by atoms with Gasteiger partial charge in [0, 0.05) is 11.6 Å². The zero-order valence-electron chi connectivity index (χ0n) is 10.1. The van der Waals surface area contributed by atoms with Gasteiger partial charge in [-0.3, -0.25) is 0 Å². The molecule has 0 aromatic heterocycles. The first kappa shape index (κ1) is 13.3. The lowest BCUT2D eigenvalue weighted by Gasteiger charge is -2.19. The number of hydrogen-bond donors (Lipinski definition) is 1. The molecule has 0 saturated heterocycles. The highest BCUT2D eigenvalue weighted by Crippen LogP contribution is 2.36. The molecule has 0 bridgehead atoms. The molecule has 1 unspecified atom stereocenters. The smallest absolute Gasteiger partial charge is 0.133 e. The Morgan fingerprint density at radius 1 is 1.25 bits per heavy atom. The summed E-state index contributed by atoms with van der Waals surface area (Å²) in [7, 11) is 5.29. The van der Waals surface area contributed by atoms with Crippen LogP contribution in [0.15, 0.2) is 16.6 Å². The van der Waals surface area contributed by atoms with Crippen LogP contribution >= 0.6 is 15.9 Å². The molecular weight excluding hydrogens is 270 g/mol. The Hall–Kier alpha value is -0.740. The van der Waals surface area contributed by atoms with Crippen molar-refractivity contribution in [3.8, 4) is 11.5 Å².